The Morgan fingerprint density at radius 3 is 1.56 bits per heavy atom. The van der Waals surface area contributed by atoms with E-state index in [2.05, 4.69) is 39.8 Å². The smallest absolute Gasteiger partial charge is 0.180 e. The average Bonchev–Trinajstić information content (AvgIpc) is 1.59. The molecule has 8 N–H and O–H groups in total. The lowest BCUT2D eigenvalue weighted by Gasteiger charge is -2.35. The lowest BCUT2D eigenvalue weighted by atomic mass is 9.67. The van der Waals surface area contributed by atoms with Gasteiger partial charge in [-0.15, -0.1) is 19.7 Å². The van der Waals surface area contributed by atoms with Gasteiger partial charge in [-0.25, -0.2) is 22.6 Å². The van der Waals surface area contributed by atoms with Crippen LogP contribution in [0.15, 0.2) is 181 Å². The van der Waals surface area contributed by atoms with Crippen molar-refractivity contribution in [3.05, 3.63) is 216 Å². The number of aliphatic hydroxyl groups is 3. The molecule has 0 spiro atoms. The number of amidine groups is 1. The Morgan fingerprint density at radius 1 is 0.556 bits per heavy atom. The predicted octanol–water partition coefficient (Wildman–Crippen LogP) is 10.4. The van der Waals surface area contributed by atoms with E-state index in [-0.39, 0.29) is 154 Å². The number of fused-ring (bicyclic) bond motifs is 3. The van der Waals surface area contributed by atoms with E-state index in [1.807, 2.05) is 38.1 Å². The highest BCUT2D eigenvalue weighted by molar-refractivity contribution is 8.13. The van der Waals surface area contributed by atoms with Crippen molar-refractivity contribution in [1.82, 2.24) is 0 Å². The quantitative estimate of drug-likeness (QED) is 0.00243. The molecule has 0 bridgehead atoms. The lowest BCUT2D eigenvalue weighted by Crippen LogP contribution is -2.48. The fourth-order valence-corrected chi connectivity index (χ4v) is 18.0. The Kier molecular flexibility index (Phi) is 54.6. The summed E-state index contributed by atoms with van der Waals surface area (Å²) >= 11 is 7.07. The lowest BCUT2D eigenvalue weighted by molar-refractivity contribution is -0.175. The molecule has 5 aromatic carbocycles. The number of benzene rings is 5. The van der Waals surface area contributed by atoms with Crippen LogP contribution in [0.2, 0.25) is 0 Å². The zero-order valence-electron chi connectivity index (χ0n) is 79.4. The van der Waals surface area contributed by atoms with Crippen LogP contribution in [0.1, 0.15) is 59.3 Å². The first-order valence-corrected chi connectivity index (χ1v) is 45.9. The molecule has 14 rings (SSSR count). The molecule has 37 heteroatoms. The summed E-state index contributed by atoms with van der Waals surface area (Å²) in [6.45, 7) is 24.8. The van der Waals surface area contributed by atoms with E-state index in [0.29, 0.717) is 156 Å². The van der Waals surface area contributed by atoms with E-state index in [1.54, 1.807) is 148 Å². The molecule has 0 saturated carbocycles. The van der Waals surface area contributed by atoms with Crippen LogP contribution in [0.4, 0.5) is 17.6 Å². The van der Waals surface area contributed by atoms with Gasteiger partial charge in [0, 0.05) is 147 Å². The number of halogens is 4. The van der Waals surface area contributed by atoms with Gasteiger partial charge < -0.3 is 132 Å². The van der Waals surface area contributed by atoms with Gasteiger partial charge in [-0.1, -0.05) is 156 Å². The normalized spacial score (nSPS) is 26.3. The number of aliphatic imine (C=N–C) groups is 1. The molecule has 0 amide bonds. The van der Waals surface area contributed by atoms with Gasteiger partial charge >= 0.3 is 0 Å². The number of thiocarbonyl (C=S) groups is 1. The minimum atomic E-state index is -1.01. The number of oxime groups is 2. The van der Waals surface area contributed by atoms with Crippen LogP contribution in [0, 0.1) is 52.9 Å². The molecule has 0 unspecified atom stereocenters. The molecule has 0 aromatic heterocycles. The minimum absolute atomic E-state index is 0.00268. The Morgan fingerprint density at radius 2 is 1.05 bits per heavy atom. The zero-order chi connectivity index (χ0) is 98.6. The van der Waals surface area contributed by atoms with Crippen LogP contribution >= 0.6 is 24.0 Å². The number of Topliss-reactive ketones (excluding diaryl/α,β-unsaturated/α-hetero) is 1. The van der Waals surface area contributed by atoms with Crippen LogP contribution < -0.4 is 11.5 Å². The molecule has 9 aliphatic rings. The third-order valence-corrected chi connectivity index (χ3v) is 24.7. The number of thioether (sulfide) groups is 1. The van der Waals surface area contributed by atoms with Gasteiger partial charge in [-0.05, 0) is 55.7 Å². The topological polar surface area (TPSA) is 384 Å². The highest BCUT2D eigenvalue weighted by Crippen LogP contribution is 2.50. The van der Waals surface area contributed by atoms with E-state index in [0.717, 1.165) is 24.7 Å². The predicted molar refractivity (Wildman–Crippen MR) is 508 cm³/mol. The van der Waals surface area contributed by atoms with Gasteiger partial charge in [0.2, 0.25) is 0 Å². The molecule has 135 heavy (non-hydrogen) atoms. The molecule has 7 saturated heterocycles. The summed E-state index contributed by atoms with van der Waals surface area (Å²) in [4.78, 5) is 22.6. The van der Waals surface area contributed by atoms with E-state index >= 15 is 0 Å². The van der Waals surface area contributed by atoms with Crippen molar-refractivity contribution >= 4 is 51.7 Å². The van der Waals surface area contributed by atoms with Crippen molar-refractivity contribution in [3.63, 3.8) is 0 Å². The number of aliphatic hydroxyl groups excluding tert-OH is 3. The largest absolute Gasteiger partial charge is 0.411 e. The summed E-state index contributed by atoms with van der Waals surface area (Å²) in [7, 11) is 14.5. The Hall–Kier alpha value is -7.40. The monoisotopic (exact) mass is 1940 g/mol. The molecule has 31 nitrogen and oxygen atoms in total. The van der Waals surface area contributed by atoms with Crippen LogP contribution in [-0.4, -0.2) is 338 Å². The second-order valence-corrected chi connectivity index (χ2v) is 34.0. The highest BCUT2D eigenvalue weighted by Gasteiger charge is 2.57. The molecule has 0 radical (unpaired) electrons. The number of hydrogen-bond donors (Lipinski definition) is 6. The van der Waals surface area contributed by atoms with E-state index in [4.69, 9.17) is 129 Å². The first-order valence-electron chi connectivity index (χ1n) is 44.5. The molecule has 9 aliphatic heterocycles. The number of nitrogens with zero attached hydrogens (tertiary/aromatic N) is 3. The molecule has 9 heterocycles. The first-order chi connectivity index (χ1) is 65.4. The molecular formula is C98H141F4N5O26S2. The Balaban J connectivity index is 0.000000241. The number of epoxide rings is 1. The maximum absolute atomic E-state index is 14.8. The molecule has 18 atom stereocenters. The number of hydrogen-bond acceptors (Lipinski definition) is 33. The third kappa shape index (κ3) is 34.8. The number of ketones is 1. The van der Waals surface area contributed by atoms with E-state index in [9.17, 15) is 32.6 Å². The van der Waals surface area contributed by atoms with Crippen LogP contribution in [0.25, 0.3) is 0 Å². The number of rotatable bonds is 42. The van der Waals surface area contributed by atoms with Crippen LogP contribution in [0.5, 0.6) is 0 Å². The van der Waals surface area contributed by atoms with Gasteiger partial charge in [0.15, 0.2) is 17.2 Å². The summed E-state index contributed by atoms with van der Waals surface area (Å²) in [5, 5.41) is 43.4. The number of nitrogens with two attached hydrogens (primary N) is 2. The zero-order valence-corrected chi connectivity index (χ0v) is 81.0. The third-order valence-electron chi connectivity index (χ3n) is 23.5. The van der Waals surface area contributed by atoms with Crippen molar-refractivity contribution in [2.24, 2.45) is 56.4 Å². The van der Waals surface area contributed by atoms with Gasteiger partial charge in [0.1, 0.15) is 41.5 Å². The maximum Gasteiger partial charge on any atom is 0.180 e. The molecule has 5 aromatic rings. The van der Waals surface area contributed by atoms with Crippen LogP contribution in [-0.2, 0) is 121 Å². The van der Waals surface area contributed by atoms with Gasteiger partial charge in [0.05, 0.1) is 210 Å². The number of carbonyl (C=O) groups excluding carboxylic acids is 1. The molecular weight excluding hydrogens is 1800 g/mol. The van der Waals surface area contributed by atoms with Crippen molar-refractivity contribution in [2.45, 2.75) is 110 Å². The number of ether oxygens (including phenoxy) is 20. The molecule has 7 fully saturated rings. The van der Waals surface area contributed by atoms with E-state index < -0.39 is 28.5 Å². The second-order valence-electron chi connectivity index (χ2n) is 32.4. The molecule has 754 valence electrons. The van der Waals surface area contributed by atoms with Crippen molar-refractivity contribution in [1.29, 1.82) is 0 Å². The van der Waals surface area contributed by atoms with Crippen molar-refractivity contribution < 1.29 is 142 Å². The second kappa shape index (κ2) is 63.3. The number of carbonyl (C=O) groups is 1. The summed E-state index contributed by atoms with van der Waals surface area (Å²) < 4.78 is 162. The first kappa shape index (κ1) is 116. The van der Waals surface area contributed by atoms with Crippen molar-refractivity contribution in [2.75, 3.05) is 228 Å². The summed E-state index contributed by atoms with van der Waals surface area (Å²) in [6.07, 6.45) is 5.12. The summed E-state index contributed by atoms with van der Waals surface area (Å²) in [5.74, 6) is -0.689. The highest BCUT2D eigenvalue weighted by atomic mass is 32.2. The van der Waals surface area contributed by atoms with Gasteiger partial charge in [-0.3, -0.25) is 4.79 Å². The SMILES string of the molecule is C=C[C@@H](COC)OC/C=N\O.C=C[C@@H](COC)OCC(OCC)OCC.C=C[C@H](O)COC.COC[C@@H]1CO1.COC[C@H]1OCC2=NOC[C@@H]21.COC[C@H]1OC[C@@](CC(=S)CC(=O)c2ccccc2)(c2ccccc2F)[C@@H]1CO.COC[C@H]1OC[C@@](N)(c2ccccc2F)[C@@H]1CO.COC[C@H]1OC[C@]2(c3ccccc3F)COC[C@H]12.COC[C@H]1OC[C@]2(c3ccccc3F)N=C(N)SC[C@H]12. The minimum Gasteiger partial charge on any atom is -0.411 e. The fourth-order valence-electron chi connectivity index (χ4n) is 16.6. The van der Waals surface area contributed by atoms with Crippen molar-refractivity contribution in [3.8, 4) is 0 Å². The maximum atomic E-state index is 14.8. The van der Waals surface area contributed by atoms with Gasteiger partial charge in [0.25, 0.3) is 0 Å². The summed E-state index contributed by atoms with van der Waals surface area (Å²) in [5.41, 5.74) is 13.0. The van der Waals surface area contributed by atoms with E-state index in [1.165, 1.54) is 55.4 Å². The summed E-state index contributed by atoms with van der Waals surface area (Å²) in [6, 6.07) is 35.4. The Labute approximate surface area is 801 Å². The number of methoxy groups -OCH3 is 9. The Bertz CT molecular complexity index is 4300. The fraction of sp³-hybridized carbons (Fsp3) is 0.582. The van der Waals surface area contributed by atoms with Gasteiger partial charge in [-0.2, -0.15) is 0 Å². The standard InChI is InChI=1S/C23H25FO4S.C14H17FN2O2S.C14H17FO3.C13H18FNO3.C11H22O4.C7H11NO3.C7H13NO3.C5H10O2.C4H8O2/c1-27-14-22-19(13-25)23(15-28-22,18-9-5-6-10-20(18)24)12-17(29)11-21(26)16-7-3-2-4-8-16;1-18-6-12-10-7-20-13(16)17-14(10,8-19-12)9-4-2-3-5-11(9)15;1-16-7-13-11-6-17-8-14(11,9-18-13)10-4-2-3-5-12(10)15;1-17-7-12-10(6-16)13(15,8-18-12)9-4-2-3-5-11(9)14;1-5-10(8-12-4)15-9-11(13-6-2)14-7-3;1-9-4-7-5-2-11-8-6(5)3-10-7;1-3-7(6-10-2)11-5-4-8-9;1-3-5(6)4-7-2;1-5-2-4-3-6-4/h2-10,19,22,25H,11-15H2,1H3;2-5,10,12H,6-8H2,1H3,(H2,16,17);2-5,11,13H,6-9H2,1H3;2-5,10,12,16H,6-8,15H2,1H3;5,10-11H,1,6-9H2,2-4H3;5,7H,2-4H2,1H3;3-4,7,9H,1,5-6H2,2H3;3,5-6H,1,4H2,2H3;4H,2-3H2,1H3/b;;;;;;8-4-;;/t19-,22-,23+;10-,12-,14-;11-,13-,14+;10-,12-,13-;10-;5-,7+;7-;5-;4-/m111100001/s1. The van der Waals surface area contributed by atoms with Crippen LogP contribution in [0.3, 0.4) is 0 Å². The average molecular weight is 1950 g/mol. The molecule has 0 aliphatic carbocycles.